The molecule has 0 bridgehead atoms. The van der Waals surface area contributed by atoms with E-state index in [0.29, 0.717) is 18.7 Å². The molecule has 170 valence electrons. The van der Waals surface area contributed by atoms with Crippen LogP contribution in [0.25, 0.3) is 0 Å². The summed E-state index contributed by atoms with van der Waals surface area (Å²) in [6.45, 7) is 1.84. The minimum Gasteiger partial charge on any atom is -0.380 e. The third-order valence-electron chi connectivity index (χ3n) is 6.01. The summed E-state index contributed by atoms with van der Waals surface area (Å²) in [5.41, 5.74) is 2.73. The molecule has 7 nitrogen and oxygen atoms in total. The lowest BCUT2D eigenvalue weighted by Crippen LogP contribution is -2.45. The summed E-state index contributed by atoms with van der Waals surface area (Å²) >= 11 is 3.36. The first-order valence-electron chi connectivity index (χ1n) is 10.5. The number of likely N-dealkylation sites (N-methyl/N-ethyl adjacent to an activating group) is 1. The van der Waals surface area contributed by atoms with Gasteiger partial charge in [-0.1, -0.05) is 15.9 Å². The molecule has 2 atom stereocenters. The minimum absolute atomic E-state index is 0.146. The van der Waals surface area contributed by atoms with Crippen LogP contribution in [-0.4, -0.2) is 61.1 Å². The van der Waals surface area contributed by atoms with Gasteiger partial charge in [0.1, 0.15) is 11.9 Å². The van der Waals surface area contributed by atoms with Gasteiger partial charge in [0, 0.05) is 43.3 Å². The van der Waals surface area contributed by atoms with Gasteiger partial charge in [0.2, 0.25) is 5.91 Å². The van der Waals surface area contributed by atoms with E-state index in [1.165, 1.54) is 11.0 Å². The van der Waals surface area contributed by atoms with Gasteiger partial charge in [-0.15, -0.1) is 0 Å². The molecular weight excluding hydrogens is 479 g/mol. The maximum Gasteiger partial charge on any atom is 0.322 e. The Bertz CT molecular complexity index is 1020. The number of fused-ring (bicyclic) bond motifs is 1. The molecule has 0 aliphatic carbocycles. The Morgan fingerprint density at radius 2 is 1.91 bits per heavy atom. The van der Waals surface area contributed by atoms with Crippen LogP contribution < -0.4 is 10.6 Å². The molecule has 2 N–H and O–H groups in total. The molecule has 2 aromatic rings. The van der Waals surface area contributed by atoms with E-state index in [2.05, 4.69) is 31.5 Å². The summed E-state index contributed by atoms with van der Waals surface area (Å²) in [5, 5.41) is 5.52. The van der Waals surface area contributed by atoms with Crippen molar-refractivity contribution in [2.75, 3.05) is 37.9 Å². The molecule has 0 aromatic heterocycles. The van der Waals surface area contributed by atoms with Crippen molar-refractivity contribution >= 4 is 39.2 Å². The fourth-order valence-electron chi connectivity index (χ4n) is 4.20. The predicted octanol–water partition coefficient (Wildman–Crippen LogP) is 3.84. The van der Waals surface area contributed by atoms with Crippen LogP contribution in [0.1, 0.15) is 17.5 Å². The summed E-state index contributed by atoms with van der Waals surface area (Å²) < 4.78 is 21.0. The Kier molecular flexibility index (Phi) is 6.78. The molecule has 2 heterocycles. The Hall–Kier alpha value is -2.49. The van der Waals surface area contributed by atoms with Crippen LogP contribution in [0.2, 0.25) is 0 Å². The molecule has 1 fully saturated rings. The van der Waals surface area contributed by atoms with Gasteiger partial charge in [0.05, 0.1) is 11.8 Å². The van der Waals surface area contributed by atoms with E-state index < -0.39 is 23.8 Å². The molecule has 0 spiro atoms. The van der Waals surface area contributed by atoms with Crippen LogP contribution in [-0.2, 0) is 22.5 Å². The van der Waals surface area contributed by atoms with E-state index in [1.807, 2.05) is 19.2 Å². The quantitative estimate of drug-likeness (QED) is 0.663. The number of methoxy groups -OCH3 is 1. The second-order valence-corrected chi connectivity index (χ2v) is 9.19. The number of carbonyl (C=O) groups is 2. The third-order valence-corrected chi connectivity index (χ3v) is 6.53. The standard InChI is InChI=1S/C23H26BrFN4O3/c1-28-8-7-14-10-20(19(25)9-15(14)12-28)27-22(30)21-11-18(32-2)13-29(21)23(31)26-17-5-3-16(24)4-6-17/h3-6,9-10,18,21H,7-8,11-13H2,1-2H3,(H,26,31)(H,27,30)/t18?,21-/m1/s1. The number of likely N-dealkylation sites (tertiary alicyclic amines) is 1. The number of hydrogen-bond acceptors (Lipinski definition) is 4. The van der Waals surface area contributed by atoms with Crippen LogP contribution >= 0.6 is 15.9 Å². The molecule has 4 rings (SSSR count). The molecular formula is C23H26BrFN4O3. The van der Waals surface area contributed by atoms with Crippen molar-refractivity contribution < 1.29 is 18.7 Å². The second-order valence-electron chi connectivity index (χ2n) is 8.28. The Labute approximate surface area is 195 Å². The lowest BCUT2D eigenvalue weighted by molar-refractivity contribution is -0.119. The molecule has 32 heavy (non-hydrogen) atoms. The topological polar surface area (TPSA) is 73.9 Å². The maximum absolute atomic E-state index is 14.7. The lowest BCUT2D eigenvalue weighted by atomic mass is 9.99. The zero-order chi connectivity index (χ0) is 22.8. The lowest BCUT2D eigenvalue weighted by Gasteiger charge is -2.26. The number of rotatable bonds is 4. The van der Waals surface area contributed by atoms with Crippen LogP contribution in [0.15, 0.2) is 40.9 Å². The number of urea groups is 1. The average molecular weight is 505 g/mol. The number of halogens is 2. The van der Waals surface area contributed by atoms with E-state index >= 15 is 0 Å². The highest BCUT2D eigenvalue weighted by molar-refractivity contribution is 9.10. The van der Waals surface area contributed by atoms with Crippen LogP contribution in [0.3, 0.4) is 0 Å². The van der Waals surface area contributed by atoms with Gasteiger partial charge < -0.3 is 25.2 Å². The molecule has 1 saturated heterocycles. The summed E-state index contributed by atoms with van der Waals surface area (Å²) in [6, 6.07) is 9.20. The van der Waals surface area contributed by atoms with E-state index in [0.717, 1.165) is 28.6 Å². The van der Waals surface area contributed by atoms with Gasteiger partial charge >= 0.3 is 6.03 Å². The second kappa shape index (κ2) is 9.56. The zero-order valence-electron chi connectivity index (χ0n) is 18.0. The van der Waals surface area contributed by atoms with E-state index in [9.17, 15) is 14.0 Å². The fraction of sp³-hybridized carbons (Fsp3) is 0.391. The molecule has 0 radical (unpaired) electrons. The van der Waals surface area contributed by atoms with Gasteiger partial charge in [-0.3, -0.25) is 4.79 Å². The highest BCUT2D eigenvalue weighted by Crippen LogP contribution is 2.27. The minimum atomic E-state index is -0.767. The maximum atomic E-state index is 14.7. The SMILES string of the molecule is COC1C[C@H](C(=O)Nc2cc3c(cc2F)CN(C)CC3)N(C(=O)Nc2ccc(Br)cc2)C1. The smallest absolute Gasteiger partial charge is 0.322 e. The summed E-state index contributed by atoms with van der Waals surface area (Å²) in [7, 11) is 3.55. The average Bonchev–Trinajstić information content (AvgIpc) is 3.21. The fourth-order valence-corrected chi connectivity index (χ4v) is 4.47. The van der Waals surface area contributed by atoms with Crippen LogP contribution in [0.4, 0.5) is 20.6 Å². The van der Waals surface area contributed by atoms with Gasteiger partial charge in [-0.05, 0) is 61.0 Å². The number of carbonyl (C=O) groups excluding carboxylic acids is 2. The monoisotopic (exact) mass is 504 g/mol. The molecule has 3 amide bonds. The first kappa shape index (κ1) is 22.7. The van der Waals surface area contributed by atoms with Gasteiger partial charge in [-0.2, -0.15) is 0 Å². The number of benzene rings is 2. The van der Waals surface area contributed by atoms with Crippen molar-refractivity contribution in [2.24, 2.45) is 0 Å². The Morgan fingerprint density at radius 3 is 2.62 bits per heavy atom. The van der Waals surface area contributed by atoms with Gasteiger partial charge in [0.25, 0.3) is 0 Å². The van der Waals surface area contributed by atoms with E-state index in [1.54, 1.807) is 25.3 Å². The largest absolute Gasteiger partial charge is 0.380 e. The van der Waals surface area contributed by atoms with E-state index in [-0.39, 0.29) is 18.3 Å². The number of anilines is 2. The van der Waals surface area contributed by atoms with Gasteiger partial charge in [0.15, 0.2) is 0 Å². The van der Waals surface area contributed by atoms with Crippen molar-refractivity contribution in [3.63, 3.8) is 0 Å². The van der Waals surface area contributed by atoms with E-state index in [4.69, 9.17) is 4.74 Å². The first-order valence-corrected chi connectivity index (χ1v) is 11.3. The van der Waals surface area contributed by atoms with Crippen LogP contribution in [0.5, 0.6) is 0 Å². The third kappa shape index (κ3) is 4.95. The number of hydrogen-bond donors (Lipinski definition) is 2. The van der Waals surface area contributed by atoms with Crippen LogP contribution in [0, 0.1) is 5.82 Å². The number of ether oxygens (including phenoxy) is 1. The number of nitrogens with one attached hydrogen (secondary N) is 2. The highest BCUT2D eigenvalue weighted by Gasteiger charge is 2.40. The molecule has 1 unspecified atom stereocenters. The van der Waals surface area contributed by atoms with Crippen molar-refractivity contribution in [1.29, 1.82) is 0 Å². The first-order chi connectivity index (χ1) is 15.3. The summed E-state index contributed by atoms with van der Waals surface area (Å²) in [4.78, 5) is 29.6. The molecule has 2 aliphatic heterocycles. The molecule has 0 saturated carbocycles. The Morgan fingerprint density at radius 1 is 1.16 bits per heavy atom. The van der Waals surface area contributed by atoms with Crippen molar-refractivity contribution in [1.82, 2.24) is 9.80 Å². The molecule has 2 aliphatic rings. The van der Waals surface area contributed by atoms with Crippen molar-refractivity contribution in [2.45, 2.75) is 31.5 Å². The highest BCUT2D eigenvalue weighted by atomic mass is 79.9. The number of nitrogens with zero attached hydrogens (tertiary/aromatic N) is 2. The predicted molar refractivity (Wildman–Crippen MR) is 124 cm³/mol. The zero-order valence-corrected chi connectivity index (χ0v) is 19.6. The number of amides is 3. The molecule has 2 aromatic carbocycles. The summed E-state index contributed by atoms with van der Waals surface area (Å²) in [6.07, 6.45) is 0.865. The summed E-state index contributed by atoms with van der Waals surface area (Å²) in [5.74, 6) is -0.901. The molecule has 9 heteroatoms. The van der Waals surface area contributed by atoms with Crippen molar-refractivity contribution in [3.05, 3.63) is 57.8 Å². The normalized spacial score (nSPS) is 20.7. The van der Waals surface area contributed by atoms with Crippen molar-refractivity contribution in [3.8, 4) is 0 Å². The van der Waals surface area contributed by atoms with Gasteiger partial charge in [-0.25, -0.2) is 9.18 Å². The Balaban J connectivity index is 1.49.